The molecule has 2 aliphatic rings. The van der Waals surface area contributed by atoms with Crippen molar-refractivity contribution in [3.05, 3.63) is 94.6 Å². The normalized spacial score (nSPS) is 18.4. The predicted molar refractivity (Wildman–Crippen MR) is 138 cm³/mol. The molecule has 1 unspecified atom stereocenters. The molecule has 2 aliphatic heterocycles. The van der Waals surface area contributed by atoms with Gasteiger partial charge in [0.1, 0.15) is 12.3 Å². The Morgan fingerprint density at radius 2 is 1.95 bits per heavy atom. The summed E-state index contributed by atoms with van der Waals surface area (Å²) in [6.45, 7) is 7.65. The number of likely N-dealkylation sites (tertiary alicyclic amines) is 1. The van der Waals surface area contributed by atoms with Crippen LogP contribution >= 0.6 is 0 Å². The highest BCUT2D eigenvalue weighted by Crippen LogP contribution is 2.44. The number of benzene rings is 1. The first-order valence-electron chi connectivity index (χ1n) is 12.8. The van der Waals surface area contributed by atoms with Gasteiger partial charge >= 0.3 is 0 Å². The Balaban J connectivity index is 1.31. The zero-order valence-corrected chi connectivity index (χ0v) is 21.8. The van der Waals surface area contributed by atoms with Gasteiger partial charge in [0, 0.05) is 48.8 Å². The molecule has 7 nitrogen and oxygen atoms in total. The fraction of sp³-hybridized carbons (Fsp3) is 0.414. The van der Waals surface area contributed by atoms with Crippen LogP contribution in [0.25, 0.3) is 0 Å². The van der Waals surface area contributed by atoms with E-state index in [9.17, 15) is 13.9 Å². The van der Waals surface area contributed by atoms with Gasteiger partial charge in [-0.15, -0.1) is 0 Å². The third-order valence-electron chi connectivity index (χ3n) is 7.34. The van der Waals surface area contributed by atoms with Crippen LogP contribution in [-0.2, 0) is 21.8 Å². The van der Waals surface area contributed by atoms with Gasteiger partial charge in [-0.2, -0.15) is 0 Å². The highest BCUT2D eigenvalue weighted by atomic mass is 19.2. The molecule has 4 heterocycles. The molecule has 1 aromatic carbocycles. The van der Waals surface area contributed by atoms with Gasteiger partial charge in [-0.05, 0) is 75.1 Å². The molecule has 1 fully saturated rings. The zero-order chi connectivity index (χ0) is 26.9. The van der Waals surface area contributed by atoms with Crippen LogP contribution in [0.4, 0.5) is 8.78 Å². The lowest BCUT2D eigenvalue weighted by Crippen LogP contribution is -2.43. The summed E-state index contributed by atoms with van der Waals surface area (Å²) in [5.74, 6) is -1.94. The summed E-state index contributed by atoms with van der Waals surface area (Å²) in [6.07, 6.45) is 7.33. The van der Waals surface area contributed by atoms with Gasteiger partial charge in [0.05, 0.1) is 23.5 Å². The van der Waals surface area contributed by atoms with Crippen LogP contribution in [0.5, 0.6) is 0 Å². The first kappa shape index (κ1) is 26.3. The number of aromatic nitrogens is 2. The minimum absolute atomic E-state index is 0.0734. The van der Waals surface area contributed by atoms with E-state index in [1.165, 1.54) is 17.2 Å². The van der Waals surface area contributed by atoms with Crippen molar-refractivity contribution in [1.29, 1.82) is 0 Å². The monoisotopic (exact) mass is 522 g/mol. The second-order valence-electron chi connectivity index (χ2n) is 10.7. The van der Waals surface area contributed by atoms with Crippen LogP contribution in [0.2, 0.25) is 0 Å². The predicted octanol–water partition coefficient (Wildman–Crippen LogP) is 4.88. The van der Waals surface area contributed by atoms with Crippen molar-refractivity contribution < 1.29 is 23.5 Å². The number of hydrogen-bond donors (Lipinski definition) is 1. The van der Waals surface area contributed by atoms with Crippen molar-refractivity contribution in [2.45, 2.75) is 57.5 Å². The van der Waals surface area contributed by atoms with Crippen LogP contribution in [0.3, 0.4) is 0 Å². The van der Waals surface area contributed by atoms with Gasteiger partial charge in [-0.3, -0.25) is 14.9 Å². The summed E-state index contributed by atoms with van der Waals surface area (Å²) in [4.78, 5) is 16.7. The Kier molecular flexibility index (Phi) is 7.26. The standard InChI is InChI=1S/C29H32F2N4O3/c1-19(35-12-9-29(10-13-35)23-16-32-11-8-22(23)17-37-29)21-5-7-26(33-15-21)27(34-38-18-28(2,3)36)20-4-6-24(30)25(31)14-20/h4-8,11,14-16,19,36H,9-10,12-13,17-18H2,1-3H3. The van der Waals surface area contributed by atoms with E-state index in [2.05, 4.69) is 26.9 Å². The van der Waals surface area contributed by atoms with Crippen molar-refractivity contribution in [2.75, 3.05) is 19.7 Å². The maximum Gasteiger partial charge on any atom is 0.159 e. The quantitative estimate of drug-likeness (QED) is 0.352. The molecular weight excluding hydrogens is 490 g/mol. The highest BCUT2D eigenvalue weighted by molar-refractivity contribution is 6.11. The Labute approximate surface area is 221 Å². The molecule has 1 saturated heterocycles. The van der Waals surface area contributed by atoms with E-state index in [4.69, 9.17) is 9.57 Å². The van der Waals surface area contributed by atoms with E-state index in [1.807, 2.05) is 24.5 Å². The van der Waals surface area contributed by atoms with E-state index in [1.54, 1.807) is 26.1 Å². The van der Waals surface area contributed by atoms with Gasteiger partial charge in [0.15, 0.2) is 11.6 Å². The van der Waals surface area contributed by atoms with Crippen molar-refractivity contribution in [1.82, 2.24) is 14.9 Å². The fourth-order valence-corrected chi connectivity index (χ4v) is 5.09. The van der Waals surface area contributed by atoms with Crippen molar-refractivity contribution in [2.24, 2.45) is 5.16 Å². The molecule has 1 atom stereocenters. The largest absolute Gasteiger partial charge is 0.392 e. The summed E-state index contributed by atoms with van der Waals surface area (Å²) in [7, 11) is 0. The maximum atomic E-state index is 14.0. The molecule has 9 heteroatoms. The topological polar surface area (TPSA) is 80.1 Å². The van der Waals surface area contributed by atoms with E-state index < -0.39 is 17.2 Å². The average Bonchev–Trinajstić information content (AvgIpc) is 3.26. The fourth-order valence-electron chi connectivity index (χ4n) is 5.09. The molecule has 1 spiro atoms. The molecule has 0 amide bonds. The zero-order valence-electron chi connectivity index (χ0n) is 21.8. The van der Waals surface area contributed by atoms with Crippen molar-refractivity contribution in [3.63, 3.8) is 0 Å². The lowest BCUT2D eigenvalue weighted by atomic mass is 9.84. The van der Waals surface area contributed by atoms with Crippen LogP contribution in [0.1, 0.15) is 67.6 Å². The van der Waals surface area contributed by atoms with E-state index in [0.29, 0.717) is 17.9 Å². The van der Waals surface area contributed by atoms with E-state index >= 15 is 0 Å². The Hall–Kier alpha value is -3.27. The van der Waals surface area contributed by atoms with Crippen LogP contribution < -0.4 is 0 Å². The summed E-state index contributed by atoms with van der Waals surface area (Å²) >= 11 is 0. The first-order chi connectivity index (χ1) is 18.2. The summed E-state index contributed by atoms with van der Waals surface area (Å²) in [5, 5.41) is 14.1. The Bertz CT molecular complexity index is 1320. The van der Waals surface area contributed by atoms with Crippen molar-refractivity contribution in [3.8, 4) is 0 Å². The molecule has 38 heavy (non-hydrogen) atoms. The van der Waals surface area contributed by atoms with Gasteiger partial charge < -0.3 is 14.7 Å². The lowest BCUT2D eigenvalue weighted by Gasteiger charge is -2.41. The molecular formula is C29H32F2N4O3. The second kappa shape index (κ2) is 10.5. The van der Waals surface area contributed by atoms with E-state index in [-0.39, 0.29) is 24.0 Å². The number of hydrogen-bond acceptors (Lipinski definition) is 7. The lowest BCUT2D eigenvalue weighted by molar-refractivity contribution is -0.0838. The maximum absolute atomic E-state index is 14.0. The third-order valence-corrected chi connectivity index (χ3v) is 7.34. The number of ether oxygens (including phenoxy) is 1. The Morgan fingerprint density at radius 1 is 1.16 bits per heavy atom. The van der Waals surface area contributed by atoms with Crippen LogP contribution in [-0.4, -0.2) is 51.0 Å². The number of oxime groups is 1. The van der Waals surface area contributed by atoms with Crippen molar-refractivity contribution >= 4 is 5.71 Å². The number of fused-ring (bicyclic) bond motifs is 2. The van der Waals surface area contributed by atoms with E-state index in [0.717, 1.165) is 43.6 Å². The van der Waals surface area contributed by atoms with Crippen LogP contribution in [0.15, 0.2) is 60.1 Å². The molecule has 0 aliphatic carbocycles. The van der Waals surface area contributed by atoms with Gasteiger partial charge in [0.25, 0.3) is 0 Å². The molecule has 2 aromatic heterocycles. The minimum Gasteiger partial charge on any atom is -0.392 e. The molecule has 0 bridgehead atoms. The molecule has 0 saturated carbocycles. The molecule has 5 rings (SSSR count). The smallest absolute Gasteiger partial charge is 0.159 e. The summed E-state index contributed by atoms with van der Waals surface area (Å²) in [5.41, 5.74) is 3.13. The first-order valence-corrected chi connectivity index (χ1v) is 12.8. The number of rotatable bonds is 7. The molecule has 1 N–H and O–H groups in total. The third kappa shape index (κ3) is 5.45. The average molecular weight is 523 g/mol. The number of nitrogens with zero attached hydrogens (tertiary/aromatic N) is 4. The van der Waals surface area contributed by atoms with Crippen LogP contribution in [0, 0.1) is 11.6 Å². The number of aliphatic hydroxyl groups is 1. The second-order valence-corrected chi connectivity index (χ2v) is 10.7. The highest BCUT2D eigenvalue weighted by Gasteiger charge is 2.43. The molecule has 0 radical (unpaired) electrons. The van der Waals surface area contributed by atoms with Gasteiger partial charge in [-0.25, -0.2) is 8.78 Å². The molecule has 3 aromatic rings. The summed E-state index contributed by atoms with van der Waals surface area (Å²) in [6, 6.07) is 9.45. The SMILES string of the molecule is CC(c1ccc(C(=NOCC(C)(C)O)c2ccc(F)c(F)c2)nc1)N1CCC2(CC1)OCc1ccncc12. The molecule has 200 valence electrons. The van der Waals surface area contributed by atoms with Gasteiger partial charge in [-0.1, -0.05) is 11.2 Å². The minimum atomic E-state index is -1.11. The summed E-state index contributed by atoms with van der Waals surface area (Å²) < 4.78 is 33.8. The number of pyridine rings is 2. The number of piperidine rings is 1. The van der Waals surface area contributed by atoms with Gasteiger partial charge in [0.2, 0.25) is 0 Å². The Morgan fingerprint density at radius 3 is 2.63 bits per heavy atom. The number of halogens is 2.